The van der Waals surface area contributed by atoms with Crippen LogP contribution in [0.1, 0.15) is 12.0 Å². The van der Waals surface area contributed by atoms with Crippen molar-refractivity contribution in [3.05, 3.63) is 64.2 Å². The number of carbonyl (C=O) groups excluding carboxylic acids is 2. The van der Waals surface area contributed by atoms with Gasteiger partial charge in [-0.3, -0.25) is 14.9 Å². The molecule has 0 radical (unpaired) electrons. The lowest BCUT2D eigenvalue weighted by Gasteiger charge is -2.18. The van der Waals surface area contributed by atoms with Crippen LogP contribution in [-0.4, -0.2) is 23.9 Å². The Balaban J connectivity index is 2.12. The normalized spacial score (nSPS) is 11.4. The molecule has 2 aromatic rings. The number of nitrogens with one attached hydrogen (secondary N) is 1. The van der Waals surface area contributed by atoms with Crippen molar-refractivity contribution in [2.24, 2.45) is 5.92 Å². The van der Waals surface area contributed by atoms with Crippen molar-refractivity contribution in [2.45, 2.75) is 12.8 Å². The molecule has 2 aromatic carbocycles. The topological polar surface area (TPSA) is 122 Å². The average Bonchev–Trinajstić information content (AvgIpc) is 2.61. The lowest BCUT2D eigenvalue weighted by Crippen LogP contribution is -2.32. The molecule has 0 saturated heterocycles. The lowest BCUT2D eigenvalue weighted by atomic mass is 9.95. The van der Waals surface area contributed by atoms with E-state index in [2.05, 4.69) is 5.32 Å². The zero-order valence-electron chi connectivity index (χ0n) is 14.0. The van der Waals surface area contributed by atoms with Crippen molar-refractivity contribution < 1.29 is 24.4 Å². The van der Waals surface area contributed by atoms with Crippen molar-refractivity contribution in [3.8, 4) is 5.75 Å². The summed E-state index contributed by atoms with van der Waals surface area (Å²) >= 11 is 0. The smallest absolute Gasteiger partial charge is 0.269 e. The van der Waals surface area contributed by atoms with Crippen LogP contribution in [0.2, 0.25) is 0 Å². The molecule has 0 aliphatic carbocycles. The first-order chi connectivity index (χ1) is 12.4. The molecular formula is C18H17N2O6-. The Morgan fingerprint density at radius 1 is 1.19 bits per heavy atom. The second kappa shape index (κ2) is 8.61. The van der Waals surface area contributed by atoms with E-state index < -0.39 is 29.1 Å². The third kappa shape index (κ3) is 5.30. The number of ether oxygens (including phenoxy) is 1. The third-order valence-electron chi connectivity index (χ3n) is 3.75. The molecule has 2 rings (SSSR count). The van der Waals surface area contributed by atoms with E-state index in [0.29, 0.717) is 11.4 Å². The average molecular weight is 357 g/mol. The van der Waals surface area contributed by atoms with Crippen LogP contribution in [0, 0.1) is 16.0 Å². The van der Waals surface area contributed by atoms with E-state index in [1.807, 2.05) is 0 Å². The molecule has 0 fully saturated rings. The second-order valence-corrected chi connectivity index (χ2v) is 5.62. The Morgan fingerprint density at radius 2 is 1.88 bits per heavy atom. The summed E-state index contributed by atoms with van der Waals surface area (Å²) in [6.45, 7) is 0. The van der Waals surface area contributed by atoms with Crippen LogP contribution >= 0.6 is 0 Å². The number of methoxy groups -OCH3 is 1. The zero-order valence-corrected chi connectivity index (χ0v) is 14.0. The number of non-ortho nitro benzene ring substituents is 1. The summed E-state index contributed by atoms with van der Waals surface area (Å²) in [7, 11) is 1.51. The summed E-state index contributed by atoms with van der Waals surface area (Å²) in [6.07, 6.45) is -0.264. The zero-order chi connectivity index (χ0) is 19.1. The van der Waals surface area contributed by atoms with Gasteiger partial charge in [-0.1, -0.05) is 12.1 Å². The van der Waals surface area contributed by atoms with E-state index >= 15 is 0 Å². The molecule has 1 N–H and O–H groups in total. The number of carbonyl (C=O) groups is 2. The quantitative estimate of drug-likeness (QED) is 0.565. The van der Waals surface area contributed by atoms with Crippen LogP contribution in [0.25, 0.3) is 0 Å². The maximum atomic E-state index is 12.5. The van der Waals surface area contributed by atoms with Crippen molar-refractivity contribution in [1.29, 1.82) is 0 Å². The van der Waals surface area contributed by atoms with E-state index in [0.717, 1.165) is 5.56 Å². The third-order valence-corrected chi connectivity index (χ3v) is 3.75. The fraction of sp³-hybridized carbons (Fsp3) is 0.222. The van der Waals surface area contributed by atoms with Crippen LogP contribution in [0.5, 0.6) is 5.75 Å². The number of aliphatic carboxylic acids is 1. The Bertz CT molecular complexity index is 804. The van der Waals surface area contributed by atoms with Gasteiger partial charge >= 0.3 is 0 Å². The van der Waals surface area contributed by atoms with Gasteiger partial charge in [0.15, 0.2) is 0 Å². The highest BCUT2D eigenvalue weighted by Crippen LogP contribution is 2.20. The standard InChI is InChI=1S/C18H18N2O6/c1-26-16-4-2-3-12(10-16)9-13(11-17(21)22)18(23)19-14-5-7-15(8-6-14)20(24)25/h2-8,10,13H,9,11H2,1H3,(H,19,23)(H,21,22)/p-1/t13-/m1/s1. The van der Waals surface area contributed by atoms with Crippen LogP contribution in [0.4, 0.5) is 11.4 Å². The van der Waals surface area contributed by atoms with Crippen LogP contribution < -0.4 is 15.2 Å². The van der Waals surface area contributed by atoms with E-state index in [4.69, 9.17) is 4.74 Å². The first-order valence-corrected chi connectivity index (χ1v) is 7.77. The number of amides is 1. The highest BCUT2D eigenvalue weighted by atomic mass is 16.6. The van der Waals surface area contributed by atoms with Crippen molar-refractivity contribution >= 4 is 23.3 Å². The first kappa shape index (κ1) is 18.9. The molecule has 1 atom stereocenters. The number of benzene rings is 2. The van der Waals surface area contributed by atoms with Gasteiger partial charge in [0.1, 0.15) is 5.75 Å². The van der Waals surface area contributed by atoms with E-state index in [1.54, 1.807) is 24.3 Å². The highest BCUT2D eigenvalue weighted by Gasteiger charge is 2.20. The molecular weight excluding hydrogens is 340 g/mol. The summed E-state index contributed by atoms with van der Waals surface area (Å²) < 4.78 is 5.12. The minimum atomic E-state index is -1.34. The molecule has 0 unspecified atom stereocenters. The van der Waals surface area contributed by atoms with Gasteiger partial charge in [-0.25, -0.2) is 0 Å². The van der Waals surface area contributed by atoms with Gasteiger partial charge in [-0.15, -0.1) is 0 Å². The molecule has 8 heteroatoms. The SMILES string of the molecule is COc1cccc(C[C@H](CC(=O)[O-])C(=O)Nc2ccc([N+](=O)[O-])cc2)c1. The van der Waals surface area contributed by atoms with Crippen molar-refractivity contribution in [2.75, 3.05) is 12.4 Å². The summed E-state index contributed by atoms with van der Waals surface area (Å²) in [5.41, 5.74) is 0.981. The summed E-state index contributed by atoms with van der Waals surface area (Å²) in [5.74, 6) is -2.10. The minimum absolute atomic E-state index is 0.106. The van der Waals surface area contributed by atoms with Gasteiger partial charge in [0, 0.05) is 29.7 Å². The van der Waals surface area contributed by atoms with Crippen LogP contribution in [-0.2, 0) is 16.0 Å². The molecule has 0 bridgehead atoms. The first-order valence-electron chi connectivity index (χ1n) is 7.77. The van der Waals surface area contributed by atoms with E-state index in [-0.39, 0.29) is 12.1 Å². The molecule has 0 aliphatic rings. The monoisotopic (exact) mass is 357 g/mol. The predicted octanol–water partition coefficient (Wildman–Crippen LogP) is 1.54. The maximum Gasteiger partial charge on any atom is 0.269 e. The molecule has 0 aromatic heterocycles. The largest absolute Gasteiger partial charge is 0.550 e. The molecule has 0 heterocycles. The molecule has 0 aliphatic heterocycles. The molecule has 0 spiro atoms. The molecule has 1 amide bonds. The molecule has 0 saturated carbocycles. The second-order valence-electron chi connectivity index (χ2n) is 5.62. The number of nitrogens with zero attached hydrogens (tertiary/aromatic N) is 1. The lowest BCUT2D eigenvalue weighted by molar-refractivity contribution is -0.384. The summed E-state index contributed by atoms with van der Waals surface area (Å²) in [5, 5.41) is 24.2. The van der Waals surface area contributed by atoms with Gasteiger partial charge < -0.3 is 20.0 Å². The number of hydrogen-bond acceptors (Lipinski definition) is 6. The maximum absolute atomic E-state index is 12.5. The van der Waals surface area contributed by atoms with Gasteiger partial charge in [-0.2, -0.15) is 0 Å². The Labute approximate surface area is 149 Å². The molecule has 136 valence electrons. The van der Waals surface area contributed by atoms with Gasteiger partial charge in [0.2, 0.25) is 5.91 Å². The number of rotatable bonds is 8. The van der Waals surface area contributed by atoms with Crippen LogP contribution in [0.3, 0.4) is 0 Å². The van der Waals surface area contributed by atoms with E-state index in [9.17, 15) is 24.8 Å². The Morgan fingerprint density at radius 3 is 2.46 bits per heavy atom. The predicted molar refractivity (Wildman–Crippen MR) is 91.5 cm³/mol. The van der Waals surface area contributed by atoms with Gasteiger partial charge in [-0.05, 0) is 42.7 Å². The molecule has 26 heavy (non-hydrogen) atoms. The highest BCUT2D eigenvalue weighted by molar-refractivity contribution is 5.94. The number of carboxylic acid groups (broad SMARTS) is 1. The number of hydrogen-bond donors (Lipinski definition) is 1. The fourth-order valence-electron chi connectivity index (χ4n) is 2.45. The van der Waals surface area contributed by atoms with Gasteiger partial charge in [0.25, 0.3) is 5.69 Å². The number of carboxylic acids is 1. The van der Waals surface area contributed by atoms with E-state index in [1.165, 1.54) is 31.4 Å². The number of nitro benzene ring substituents is 1. The van der Waals surface area contributed by atoms with Crippen molar-refractivity contribution in [3.63, 3.8) is 0 Å². The van der Waals surface area contributed by atoms with Gasteiger partial charge in [0.05, 0.1) is 12.0 Å². The molecule has 8 nitrogen and oxygen atoms in total. The number of nitro groups is 1. The van der Waals surface area contributed by atoms with Crippen LogP contribution in [0.15, 0.2) is 48.5 Å². The fourth-order valence-corrected chi connectivity index (χ4v) is 2.45. The Hall–Kier alpha value is -3.42. The number of anilines is 1. The summed E-state index contributed by atoms with van der Waals surface area (Å²) in [4.78, 5) is 33.6. The minimum Gasteiger partial charge on any atom is -0.550 e. The summed E-state index contributed by atoms with van der Waals surface area (Å²) in [6, 6.07) is 12.3. The Kier molecular flexibility index (Phi) is 6.26. The van der Waals surface area contributed by atoms with Crippen molar-refractivity contribution in [1.82, 2.24) is 0 Å².